The fourth-order valence-corrected chi connectivity index (χ4v) is 4.15. The van der Waals surface area contributed by atoms with Crippen molar-refractivity contribution in [3.8, 4) is 28.3 Å². The Morgan fingerprint density at radius 1 is 1.22 bits per heavy atom. The maximum Gasteiger partial charge on any atom is 0.308 e. The number of methoxy groups -OCH3 is 1. The summed E-state index contributed by atoms with van der Waals surface area (Å²) in [5.74, 6) is -0.560. The van der Waals surface area contributed by atoms with Crippen LogP contribution in [-0.4, -0.2) is 27.6 Å². The number of carbonyl (C=O) groups is 1. The van der Waals surface area contributed by atoms with Crippen LogP contribution in [0.2, 0.25) is 0 Å². The molecule has 0 bridgehead atoms. The number of hydrogen-bond acceptors (Lipinski definition) is 4. The summed E-state index contributed by atoms with van der Waals surface area (Å²) in [7, 11) is 1.60. The number of benzene rings is 2. The lowest BCUT2D eigenvalue weighted by atomic mass is 10.1. The number of nitrogens with zero attached hydrogens (tertiary/aromatic N) is 2. The van der Waals surface area contributed by atoms with Crippen molar-refractivity contribution in [1.29, 1.82) is 0 Å². The molecule has 0 saturated heterocycles. The lowest BCUT2D eigenvalue weighted by molar-refractivity contribution is -0.136. The minimum Gasteiger partial charge on any atom is -0.496 e. The Bertz CT molecular complexity index is 1130. The fourth-order valence-electron chi connectivity index (χ4n) is 3.04. The third-order valence-electron chi connectivity index (χ3n) is 4.21. The molecule has 0 radical (unpaired) electrons. The zero-order valence-electron chi connectivity index (χ0n) is 14.3. The third-order valence-corrected chi connectivity index (χ3v) is 5.26. The molecule has 2 aromatic heterocycles. The quantitative estimate of drug-likeness (QED) is 0.552. The van der Waals surface area contributed by atoms with Crippen LogP contribution >= 0.6 is 11.3 Å². The Morgan fingerprint density at radius 2 is 1.96 bits per heavy atom. The Kier molecular flexibility index (Phi) is 4.37. The Balaban J connectivity index is 1.91. The summed E-state index contributed by atoms with van der Waals surface area (Å²) < 4.78 is 20.6. The molecule has 0 spiro atoms. The molecule has 0 fully saturated rings. The van der Waals surface area contributed by atoms with Gasteiger partial charge in [0.1, 0.15) is 11.6 Å². The number of para-hydroxylation sites is 1. The largest absolute Gasteiger partial charge is 0.496 e. The zero-order chi connectivity index (χ0) is 19.0. The zero-order valence-corrected chi connectivity index (χ0v) is 15.2. The van der Waals surface area contributed by atoms with Crippen LogP contribution in [0.5, 0.6) is 5.75 Å². The van der Waals surface area contributed by atoms with Crippen LogP contribution in [0.3, 0.4) is 0 Å². The van der Waals surface area contributed by atoms with E-state index in [9.17, 15) is 14.3 Å². The number of imidazole rings is 1. The highest BCUT2D eigenvalue weighted by atomic mass is 32.1. The van der Waals surface area contributed by atoms with Crippen molar-refractivity contribution in [2.24, 2.45) is 0 Å². The lowest BCUT2D eigenvalue weighted by Crippen LogP contribution is -2.00. The van der Waals surface area contributed by atoms with Gasteiger partial charge < -0.3 is 9.84 Å². The van der Waals surface area contributed by atoms with Gasteiger partial charge in [0.05, 0.1) is 24.9 Å². The van der Waals surface area contributed by atoms with Crippen LogP contribution < -0.4 is 4.74 Å². The number of hydrogen-bond donors (Lipinski definition) is 1. The van der Waals surface area contributed by atoms with Crippen molar-refractivity contribution in [2.75, 3.05) is 7.11 Å². The molecule has 2 aromatic carbocycles. The van der Waals surface area contributed by atoms with E-state index in [-0.39, 0.29) is 12.2 Å². The van der Waals surface area contributed by atoms with Crippen LogP contribution in [0.1, 0.15) is 4.88 Å². The van der Waals surface area contributed by atoms with Crippen molar-refractivity contribution >= 4 is 22.3 Å². The van der Waals surface area contributed by atoms with Crippen molar-refractivity contribution < 1.29 is 19.0 Å². The van der Waals surface area contributed by atoms with Crippen molar-refractivity contribution in [1.82, 2.24) is 9.38 Å². The minimum absolute atomic E-state index is 0.120. The average Bonchev–Trinajstić information content (AvgIpc) is 3.19. The predicted molar refractivity (Wildman–Crippen MR) is 102 cm³/mol. The van der Waals surface area contributed by atoms with Gasteiger partial charge in [0.25, 0.3) is 0 Å². The molecule has 27 heavy (non-hydrogen) atoms. The van der Waals surface area contributed by atoms with Gasteiger partial charge in [-0.25, -0.2) is 9.37 Å². The van der Waals surface area contributed by atoms with Gasteiger partial charge in [-0.2, -0.15) is 0 Å². The normalized spacial score (nSPS) is 11.0. The standard InChI is InChI=1S/C20H15FN2O3S/c1-26-16-5-3-2-4-14(16)15-11-23-19(12-6-8-13(21)9-7-12)17(10-18(24)25)27-20(23)22-15/h2-9,11H,10H2,1H3,(H,24,25). The molecule has 4 aromatic rings. The number of halogens is 1. The Labute approximate surface area is 158 Å². The number of carboxylic acid groups (broad SMARTS) is 1. The van der Waals surface area contributed by atoms with Gasteiger partial charge in [0, 0.05) is 16.6 Å². The molecule has 0 aliphatic carbocycles. The molecule has 7 heteroatoms. The summed E-state index contributed by atoms with van der Waals surface area (Å²) in [6.07, 6.45) is 1.73. The lowest BCUT2D eigenvalue weighted by Gasteiger charge is -2.06. The van der Waals surface area contributed by atoms with Gasteiger partial charge in [0.15, 0.2) is 4.96 Å². The third kappa shape index (κ3) is 3.17. The number of ether oxygens (including phenoxy) is 1. The number of fused-ring (bicyclic) bond motifs is 1. The summed E-state index contributed by atoms with van der Waals surface area (Å²) in [6.45, 7) is 0. The molecule has 136 valence electrons. The molecule has 0 aliphatic heterocycles. The first kappa shape index (κ1) is 17.2. The number of aliphatic carboxylic acids is 1. The van der Waals surface area contributed by atoms with Gasteiger partial charge in [-0.05, 0) is 42.0 Å². The summed E-state index contributed by atoms with van der Waals surface area (Å²) in [5, 5.41) is 9.25. The van der Waals surface area contributed by atoms with E-state index in [2.05, 4.69) is 4.98 Å². The second-order valence-electron chi connectivity index (χ2n) is 5.93. The van der Waals surface area contributed by atoms with Crippen LogP contribution in [0.4, 0.5) is 4.39 Å². The van der Waals surface area contributed by atoms with Gasteiger partial charge in [-0.15, -0.1) is 11.3 Å². The smallest absolute Gasteiger partial charge is 0.308 e. The predicted octanol–water partition coefficient (Wildman–Crippen LogP) is 4.50. The van der Waals surface area contributed by atoms with Crippen LogP contribution in [0.15, 0.2) is 54.7 Å². The first-order valence-electron chi connectivity index (χ1n) is 8.18. The second kappa shape index (κ2) is 6.85. The molecule has 0 saturated carbocycles. The van der Waals surface area contributed by atoms with Crippen molar-refractivity contribution in [2.45, 2.75) is 6.42 Å². The molecule has 1 N–H and O–H groups in total. The van der Waals surface area contributed by atoms with Gasteiger partial charge >= 0.3 is 5.97 Å². The number of aromatic nitrogens is 2. The van der Waals surface area contributed by atoms with Gasteiger partial charge in [0.2, 0.25) is 0 Å². The maximum absolute atomic E-state index is 13.3. The number of rotatable bonds is 5. The highest BCUT2D eigenvalue weighted by molar-refractivity contribution is 7.17. The first-order chi connectivity index (χ1) is 13.1. The highest BCUT2D eigenvalue weighted by Gasteiger charge is 2.20. The molecular weight excluding hydrogens is 367 g/mol. The SMILES string of the molecule is COc1ccccc1-c1cn2c(-c3ccc(F)cc3)c(CC(=O)O)sc2n1. The molecule has 0 aliphatic rings. The molecule has 2 heterocycles. The number of carboxylic acids is 1. The Hall–Kier alpha value is -3.19. The molecule has 0 amide bonds. The van der Waals surface area contributed by atoms with E-state index in [0.717, 1.165) is 16.8 Å². The molecule has 5 nitrogen and oxygen atoms in total. The van der Waals surface area contributed by atoms with Gasteiger partial charge in [-0.3, -0.25) is 9.20 Å². The number of thiazole rings is 1. The fraction of sp³-hybridized carbons (Fsp3) is 0.100. The second-order valence-corrected chi connectivity index (χ2v) is 6.99. The molecule has 0 atom stereocenters. The van der Waals surface area contributed by atoms with Gasteiger partial charge in [-0.1, -0.05) is 12.1 Å². The highest BCUT2D eigenvalue weighted by Crippen LogP contribution is 2.36. The van der Waals surface area contributed by atoms with E-state index < -0.39 is 5.97 Å². The molecular formula is C20H15FN2O3S. The monoisotopic (exact) mass is 382 g/mol. The van der Waals surface area contributed by atoms with E-state index in [0.29, 0.717) is 21.3 Å². The summed E-state index contributed by atoms with van der Waals surface area (Å²) in [4.78, 5) is 17.3. The van der Waals surface area contributed by atoms with E-state index in [4.69, 9.17) is 4.74 Å². The van der Waals surface area contributed by atoms with Crippen molar-refractivity contribution in [3.63, 3.8) is 0 Å². The average molecular weight is 382 g/mol. The van der Waals surface area contributed by atoms with Crippen LogP contribution in [0, 0.1) is 5.82 Å². The van der Waals surface area contributed by atoms with Crippen LogP contribution in [-0.2, 0) is 11.2 Å². The maximum atomic E-state index is 13.3. The van der Waals surface area contributed by atoms with E-state index in [1.807, 2.05) is 34.9 Å². The van der Waals surface area contributed by atoms with Crippen molar-refractivity contribution in [3.05, 3.63) is 65.4 Å². The topological polar surface area (TPSA) is 63.8 Å². The summed E-state index contributed by atoms with van der Waals surface area (Å²) in [6, 6.07) is 13.6. The van der Waals surface area contributed by atoms with E-state index in [1.165, 1.54) is 23.5 Å². The molecule has 4 rings (SSSR count). The van der Waals surface area contributed by atoms with Crippen LogP contribution in [0.25, 0.3) is 27.5 Å². The van der Waals surface area contributed by atoms with E-state index in [1.54, 1.807) is 19.2 Å². The van der Waals surface area contributed by atoms with E-state index >= 15 is 0 Å². The minimum atomic E-state index is -0.923. The molecule has 0 unspecified atom stereocenters. The Morgan fingerprint density at radius 3 is 2.67 bits per heavy atom. The summed E-state index contributed by atoms with van der Waals surface area (Å²) in [5.41, 5.74) is 3.03. The first-order valence-corrected chi connectivity index (χ1v) is 9.00. The summed E-state index contributed by atoms with van der Waals surface area (Å²) >= 11 is 1.32.